The molecule has 7 nitrogen and oxygen atoms in total. The van der Waals surface area contributed by atoms with E-state index in [4.69, 9.17) is 11.6 Å². The highest BCUT2D eigenvalue weighted by atomic mass is 35.5. The number of benzene rings is 3. The Labute approximate surface area is 206 Å². The molecule has 0 unspecified atom stereocenters. The first-order valence-electron chi connectivity index (χ1n) is 10.5. The Morgan fingerprint density at radius 1 is 0.941 bits per heavy atom. The Balaban J connectivity index is 1.37. The van der Waals surface area contributed by atoms with Gasteiger partial charge in [-0.2, -0.15) is 0 Å². The summed E-state index contributed by atoms with van der Waals surface area (Å²) >= 11 is 7.14. The second kappa shape index (κ2) is 11.0. The number of carbonyl (C=O) groups excluding carboxylic acids is 2. The number of fused-ring (bicyclic) bond motifs is 1. The highest BCUT2D eigenvalue weighted by Gasteiger charge is 2.16. The molecule has 0 saturated heterocycles. The van der Waals surface area contributed by atoms with E-state index in [1.54, 1.807) is 34.9 Å². The summed E-state index contributed by atoms with van der Waals surface area (Å²) in [4.78, 5) is 25.0. The Bertz CT molecular complexity index is 1340. The first kappa shape index (κ1) is 23.5. The van der Waals surface area contributed by atoms with Crippen LogP contribution in [0, 0.1) is 0 Å². The first-order valence-corrected chi connectivity index (χ1v) is 11.9. The molecule has 3 aromatic carbocycles. The Kier molecular flexibility index (Phi) is 7.61. The van der Waals surface area contributed by atoms with Gasteiger partial charge in [-0.05, 0) is 47.2 Å². The number of allylic oxidation sites excluding steroid dienone is 1. The van der Waals surface area contributed by atoms with Crippen molar-refractivity contribution >= 4 is 57.3 Å². The van der Waals surface area contributed by atoms with Gasteiger partial charge in [0.25, 0.3) is 0 Å². The van der Waals surface area contributed by atoms with Crippen LogP contribution in [0.1, 0.15) is 5.82 Å². The number of hydrogen-bond donors (Lipinski definition) is 2. The number of nitrogens with zero attached hydrogens (tertiary/aromatic N) is 3. The van der Waals surface area contributed by atoms with E-state index in [1.807, 2.05) is 42.5 Å². The van der Waals surface area contributed by atoms with Crippen LogP contribution < -0.4 is 10.6 Å². The van der Waals surface area contributed by atoms with Gasteiger partial charge in [0.1, 0.15) is 5.82 Å². The second-order valence-corrected chi connectivity index (χ2v) is 8.81. The fraction of sp³-hybridized carbons (Fsp3) is 0.120. The van der Waals surface area contributed by atoms with E-state index in [-0.39, 0.29) is 24.0 Å². The maximum atomic E-state index is 12.5. The van der Waals surface area contributed by atoms with Crippen LogP contribution in [-0.4, -0.2) is 32.3 Å². The molecule has 0 aliphatic heterocycles. The van der Waals surface area contributed by atoms with E-state index in [0.717, 1.165) is 16.5 Å². The summed E-state index contributed by atoms with van der Waals surface area (Å²) in [7, 11) is 0. The van der Waals surface area contributed by atoms with Crippen LogP contribution in [0.3, 0.4) is 0 Å². The summed E-state index contributed by atoms with van der Waals surface area (Å²) in [5.41, 5.74) is 1.38. The minimum absolute atomic E-state index is 0.0350. The van der Waals surface area contributed by atoms with E-state index in [0.29, 0.717) is 28.2 Å². The topological polar surface area (TPSA) is 88.9 Å². The molecule has 4 aromatic rings. The quantitative estimate of drug-likeness (QED) is 0.248. The molecule has 0 bridgehead atoms. The van der Waals surface area contributed by atoms with Crippen molar-refractivity contribution < 1.29 is 9.59 Å². The van der Waals surface area contributed by atoms with Crippen molar-refractivity contribution in [1.82, 2.24) is 14.8 Å². The molecule has 9 heteroatoms. The number of thioether (sulfide) groups is 1. The third kappa shape index (κ3) is 6.03. The lowest BCUT2D eigenvalue weighted by molar-refractivity contribution is -0.116. The van der Waals surface area contributed by atoms with Gasteiger partial charge in [-0.25, -0.2) is 0 Å². The molecular weight excluding hydrogens is 470 g/mol. The fourth-order valence-electron chi connectivity index (χ4n) is 3.35. The molecule has 2 N–H and O–H groups in total. The normalized spacial score (nSPS) is 10.7. The average Bonchev–Trinajstić information content (AvgIpc) is 3.20. The zero-order valence-corrected chi connectivity index (χ0v) is 19.8. The fourth-order valence-corrected chi connectivity index (χ4v) is 4.24. The number of aromatic nitrogens is 3. The summed E-state index contributed by atoms with van der Waals surface area (Å²) in [5.74, 6) is 0.254. The van der Waals surface area contributed by atoms with Crippen molar-refractivity contribution in [3.63, 3.8) is 0 Å². The van der Waals surface area contributed by atoms with Crippen LogP contribution in [0.25, 0.3) is 10.8 Å². The van der Waals surface area contributed by atoms with Gasteiger partial charge in [-0.3, -0.25) is 9.59 Å². The standard InChI is InChI=1S/C25H22ClN5O2S/c1-2-13-31-22(15-23(32)27-20-11-8-19(26)9-12-20)29-30-25(31)34-16-24(33)28-21-10-7-17-5-3-4-6-18(17)14-21/h2-12,14H,1,13,15-16H2,(H,27,32)(H,28,33). The van der Waals surface area contributed by atoms with Crippen molar-refractivity contribution in [3.8, 4) is 0 Å². The number of rotatable bonds is 9. The largest absolute Gasteiger partial charge is 0.326 e. The van der Waals surface area contributed by atoms with Gasteiger partial charge in [-0.1, -0.05) is 59.8 Å². The monoisotopic (exact) mass is 491 g/mol. The van der Waals surface area contributed by atoms with Gasteiger partial charge in [0, 0.05) is 22.9 Å². The third-order valence-electron chi connectivity index (χ3n) is 4.92. The van der Waals surface area contributed by atoms with E-state index < -0.39 is 0 Å². The lowest BCUT2D eigenvalue weighted by Crippen LogP contribution is -2.18. The number of hydrogen-bond acceptors (Lipinski definition) is 5. The molecule has 0 aliphatic rings. The summed E-state index contributed by atoms with van der Waals surface area (Å²) in [6, 6.07) is 20.6. The van der Waals surface area contributed by atoms with Crippen molar-refractivity contribution in [3.05, 3.63) is 90.2 Å². The van der Waals surface area contributed by atoms with Crippen molar-refractivity contribution in [1.29, 1.82) is 0 Å². The Morgan fingerprint density at radius 3 is 2.41 bits per heavy atom. The molecule has 0 atom stereocenters. The van der Waals surface area contributed by atoms with Gasteiger partial charge >= 0.3 is 0 Å². The molecule has 0 saturated carbocycles. The molecule has 0 fully saturated rings. The minimum Gasteiger partial charge on any atom is -0.326 e. The Hall–Kier alpha value is -3.62. The van der Waals surface area contributed by atoms with Gasteiger partial charge in [0.05, 0.1) is 12.2 Å². The van der Waals surface area contributed by atoms with E-state index in [2.05, 4.69) is 27.4 Å². The summed E-state index contributed by atoms with van der Waals surface area (Å²) in [5, 5.41) is 17.4. The summed E-state index contributed by atoms with van der Waals surface area (Å²) in [6.45, 7) is 4.19. The molecule has 172 valence electrons. The van der Waals surface area contributed by atoms with Crippen LogP contribution in [0.5, 0.6) is 0 Å². The summed E-state index contributed by atoms with van der Waals surface area (Å²) < 4.78 is 1.78. The molecule has 1 aromatic heterocycles. The summed E-state index contributed by atoms with van der Waals surface area (Å²) in [6.07, 6.45) is 1.73. The lowest BCUT2D eigenvalue weighted by atomic mass is 10.1. The molecular formula is C25H22ClN5O2S. The van der Waals surface area contributed by atoms with Crippen molar-refractivity contribution in [2.75, 3.05) is 16.4 Å². The predicted molar refractivity (Wildman–Crippen MR) is 137 cm³/mol. The number of nitrogens with one attached hydrogen (secondary N) is 2. The lowest BCUT2D eigenvalue weighted by Gasteiger charge is -2.09. The molecule has 2 amide bonds. The SMILES string of the molecule is C=CCn1c(CC(=O)Nc2ccc(Cl)cc2)nnc1SCC(=O)Nc1ccc2ccccc2c1. The van der Waals surface area contributed by atoms with E-state index >= 15 is 0 Å². The number of amides is 2. The van der Waals surface area contributed by atoms with Crippen LogP contribution in [0.4, 0.5) is 11.4 Å². The number of carbonyl (C=O) groups is 2. The minimum atomic E-state index is -0.231. The molecule has 0 radical (unpaired) electrons. The molecule has 0 spiro atoms. The molecule has 34 heavy (non-hydrogen) atoms. The van der Waals surface area contributed by atoms with Gasteiger partial charge in [0.2, 0.25) is 11.8 Å². The second-order valence-electron chi connectivity index (χ2n) is 7.43. The van der Waals surface area contributed by atoms with Crippen LogP contribution in [0.15, 0.2) is 84.5 Å². The van der Waals surface area contributed by atoms with E-state index in [1.165, 1.54) is 11.8 Å². The predicted octanol–water partition coefficient (Wildman–Crippen LogP) is 5.18. The van der Waals surface area contributed by atoms with Gasteiger partial charge < -0.3 is 15.2 Å². The maximum Gasteiger partial charge on any atom is 0.234 e. The highest BCUT2D eigenvalue weighted by molar-refractivity contribution is 7.99. The number of halogens is 1. The van der Waals surface area contributed by atoms with Crippen molar-refractivity contribution in [2.45, 2.75) is 18.1 Å². The van der Waals surface area contributed by atoms with Gasteiger partial charge in [-0.15, -0.1) is 16.8 Å². The number of anilines is 2. The maximum absolute atomic E-state index is 12.5. The van der Waals surface area contributed by atoms with E-state index in [9.17, 15) is 9.59 Å². The van der Waals surface area contributed by atoms with Crippen LogP contribution in [0.2, 0.25) is 5.02 Å². The molecule has 4 rings (SSSR count). The first-order chi connectivity index (χ1) is 16.5. The zero-order valence-electron chi connectivity index (χ0n) is 18.2. The smallest absolute Gasteiger partial charge is 0.234 e. The molecule has 1 heterocycles. The highest BCUT2D eigenvalue weighted by Crippen LogP contribution is 2.21. The average molecular weight is 492 g/mol. The zero-order chi connectivity index (χ0) is 23.9. The molecule has 0 aliphatic carbocycles. The van der Waals surface area contributed by atoms with Crippen molar-refractivity contribution in [2.24, 2.45) is 0 Å². The van der Waals surface area contributed by atoms with Gasteiger partial charge in [0.15, 0.2) is 5.16 Å². The Morgan fingerprint density at radius 2 is 1.65 bits per heavy atom. The third-order valence-corrected chi connectivity index (χ3v) is 6.14. The van der Waals surface area contributed by atoms with Crippen LogP contribution in [-0.2, 0) is 22.6 Å². The van der Waals surface area contributed by atoms with Crippen LogP contribution >= 0.6 is 23.4 Å².